The van der Waals surface area contributed by atoms with Gasteiger partial charge in [-0.1, -0.05) is 47.5 Å². The highest BCUT2D eigenvalue weighted by Crippen LogP contribution is 2.26. The molecule has 7 nitrogen and oxygen atoms in total. The monoisotopic (exact) mass is 520 g/mol. The highest BCUT2D eigenvalue weighted by Gasteiger charge is 2.32. The van der Waals surface area contributed by atoms with Crippen LogP contribution >= 0.6 is 23.2 Å². The summed E-state index contributed by atoms with van der Waals surface area (Å²) in [6, 6.07) is 12.6. The molecule has 2 heterocycles. The van der Waals surface area contributed by atoms with E-state index in [1.807, 2.05) is 42.0 Å². The summed E-state index contributed by atoms with van der Waals surface area (Å²) >= 11 is 12.0. The molecule has 0 bridgehead atoms. The first-order valence-corrected chi connectivity index (χ1v) is 13.4. The van der Waals surface area contributed by atoms with Crippen LogP contribution in [0.15, 0.2) is 54.9 Å². The fraction of sp³-hybridized carbons (Fsp3) is 0.333. The highest BCUT2D eigenvalue weighted by atomic mass is 35.5. The maximum atomic E-state index is 13.0. The van der Waals surface area contributed by atoms with E-state index in [1.165, 1.54) is 4.31 Å². The molecule has 1 aliphatic rings. The van der Waals surface area contributed by atoms with Gasteiger partial charge in [0.25, 0.3) is 0 Å². The molecule has 0 radical (unpaired) electrons. The second-order valence-electron chi connectivity index (χ2n) is 8.39. The minimum atomic E-state index is -3.60. The maximum Gasteiger partial charge on any atom is 0.224 e. The Bertz CT molecular complexity index is 1290. The van der Waals surface area contributed by atoms with Gasteiger partial charge in [0.05, 0.1) is 27.4 Å². The fourth-order valence-electron chi connectivity index (χ4n) is 4.19. The van der Waals surface area contributed by atoms with Crippen molar-refractivity contribution in [3.8, 4) is 5.69 Å². The van der Waals surface area contributed by atoms with Crippen LogP contribution in [0, 0.1) is 12.8 Å². The number of carbonyl (C=O) groups is 1. The molecule has 1 unspecified atom stereocenters. The van der Waals surface area contributed by atoms with Crippen molar-refractivity contribution in [3.63, 3.8) is 0 Å². The SMILES string of the molecule is Cc1nccn1-c1ccccc1CNC(=O)C1CCCN(S(=O)(=O)Cc2ccc(Cl)c(Cl)c2)C1. The third-order valence-electron chi connectivity index (χ3n) is 6.01. The van der Waals surface area contributed by atoms with Crippen LogP contribution in [-0.2, 0) is 27.1 Å². The van der Waals surface area contributed by atoms with Crippen LogP contribution in [0.4, 0.5) is 0 Å². The summed E-state index contributed by atoms with van der Waals surface area (Å²) < 4.78 is 29.4. The van der Waals surface area contributed by atoms with Crippen molar-refractivity contribution < 1.29 is 13.2 Å². The summed E-state index contributed by atoms with van der Waals surface area (Å²) in [5, 5.41) is 3.69. The van der Waals surface area contributed by atoms with Gasteiger partial charge in [-0.05, 0) is 49.1 Å². The summed E-state index contributed by atoms with van der Waals surface area (Å²) in [5.41, 5.74) is 2.47. The third-order valence-corrected chi connectivity index (χ3v) is 8.57. The normalized spacial score (nSPS) is 17.0. The number of nitrogens with one attached hydrogen (secondary N) is 1. The van der Waals surface area contributed by atoms with E-state index in [0.29, 0.717) is 41.5 Å². The lowest BCUT2D eigenvalue weighted by molar-refractivity contribution is -0.126. The molecule has 3 aromatic rings. The molecule has 0 aliphatic carbocycles. The number of amides is 1. The summed E-state index contributed by atoms with van der Waals surface area (Å²) in [4.78, 5) is 17.2. The number of carbonyl (C=O) groups excluding carboxylic acids is 1. The molecular weight excluding hydrogens is 495 g/mol. The van der Waals surface area contributed by atoms with Crippen LogP contribution in [0.3, 0.4) is 0 Å². The average Bonchev–Trinajstić information content (AvgIpc) is 3.25. The molecule has 1 fully saturated rings. The number of imidazole rings is 1. The van der Waals surface area contributed by atoms with Crippen molar-refractivity contribution in [3.05, 3.63) is 81.9 Å². The Hall–Kier alpha value is -2.39. The zero-order chi connectivity index (χ0) is 24.3. The first-order valence-electron chi connectivity index (χ1n) is 11.0. The number of para-hydroxylation sites is 1. The standard InChI is InChI=1S/C24H26Cl2N4O3S/c1-17-27-10-12-30(17)23-7-3-2-5-19(23)14-28-24(31)20-6-4-11-29(15-20)34(32,33)16-18-8-9-21(25)22(26)13-18/h2-3,5,7-10,12-13,20H,4,6,11,14-16H2,1H3,(H,28,31). The molecule has 10 heteroatoms. The molecule has 0 saturated carbocycles. The number of sulfonamides is 1. The van der Waals surface area contributed by atoms with Gasteiger partial charge in [-0.25, -0.2) is 17.7 Å². The molecule has 1 atom stereocenters. The lowest BCUT2D eigenvalue weighted by Crippen LogP contribution is -2.45. The molecule has 2 aromatic carbocycles. The number of hydrogen-bond donors (Lipinski definition) is 1. The predicted octanol–water partition coefficient (Wildman–Crippen LogP) is 4.35. The zero-order valence-electron chi connectivity index (χ0n) is 18.7. The molecule has 4 rings (SSSR count). The largest absolute Gasteiger partial charge is 0.352 e. The third kappa shape index (κ3) is 5.63. The second kappa shape index (κ2) is 10.5. The van der Waals surface area contributed by atoms with Crippen molar-refractivity contribution in [1.82, 2.24) is 19.2 Å². The fourth-order valence-corrected chi connectivity index (χ4v) is 6.11. The average molecular weight is 521 g/mol. The minimum absolute atomic E-state index is 0.147. The van der Waals surface area contributed by atoms with Crippen LogP contribution in [0.5, 0.6) is 0 Å². The van der Waals surface area contributed by atoms with Gasteiger partial charge in [0.1, 0.15) is 5.82 Å². The van der Waals surface area contributed by atoms with Crippen LogP contribution in [0.1, 0.15) is 29.8 Å². The first-order chi connectivity index (χ1) is 16.2. The number of hydrogen-bond acceptors (Lipinski definition) is 4. The van der Waals surface area contributed by atoms with Crippen molar-refractivity contribution in [2.24, 2.45) is 5.92 Å². The number of nitrogens with zero attached hydrogens (tertiary/aromatic N) is 3. The lowest BCUT2D eigenvalue weighted by atomic mass is 9.98. The molecule has 34 heavy (non-hydrogen) atoms. The maximum absolute atomic E-state index is 13.0. The van der Waals surface area contributed by atoms with E-state index in [9.17, 15) is 13.2 Å². The minimum Gasteiger partial charge on any atom is -0.352 e. The van der Waals surface area contributed by atoms with Gasteiger partial charge < -0.3 is 9.88 Å². The Morgan fingerprint density at radius 1 is 1.18 bits per heavy atom. The Balaban J connectivity index is 1.40. The smallest absolute Gasteiger partial charge is 0.224 e. The number of halogens is 2. The first kappa shape index (κ1) is 24.7. The molecule has 180 valence electrons. The zero-order valence-corrected chi connectivity index (χ0v) is 21.1. The van der Waals surface area contributed by atoms with Crippen molar-refractivity contribution in [1.29, 1.82) is 0 Å². The van der Waals surface area contributed by atoms with Gasteiger partial charge in [0.15, 0.2) is 0 Å². The lowest BCUT2D eigenvalue weighted by Gasteiger charge is -2.31. The highest BCUT2D eigenvalue weighted by molar-refractivity contribution is 7.88. The van der Waals surface area contributed by atoms with E-state index in [2.05, 4.69) is 10.3 Å². The van der Waals surface area contributed by atoms with Crippen LogP contribution in [0.25, 0.3) is 5.69 Å². The predicted molar refractivity (Wildman–Crippen MR) is 134 cm³/mol. The van der Waals surface area contributed by atoms with Gasteiger partial charge in [-0.3, -0.25) is 4.79 Å². The quantitative estimate of drug-likeness (QED) is 0.501. The number of aromatic nitrogens is 2. The van der Waals surface area contributed by atoms with E-state index >= 15 is 0 Å². The van der Waals surface area contributed by atoms with Gasteiger partial charge in [-0.15, -0.1) is 0 Å². The number of aryl methyl sites for hydroxylation is 1. The van der Waals surface area contributed by atoms with E-state index in [0.717, 1.165) is 17.1 Å². The van der Waals surface area contributed by atoms with Gasteiger partial charge >= 0.3 is 0 Å². The number of benzene rings is 2. The molecule has 1 amide bonds. The van der Waals surface area contributed by atoms with Crippen molar-refractivity contribution in [2.45, 2.75) is 32.1 Å². The summed E-state index contributed by atoms with van der Waals surface area (Å²) in [7, 11) is -3.60. The number of rotatable bonds is 7. The molecule has 1 saturated heterocycles. The molecule has 0 spiro atoms. The van der Waals surface area contributed by atoms with Crippen molar-refractivity contribution in [2.75, 3.05) is 13.1 Å². The van der Waals surface area contributed by atoms with E-state index in [1.54, 1.807) is 24.4 Å². The van der Waals surface area contributed by atoms with E-state index in [-0.39, 0.29) is 18.2 Å². The summed E-state index contributed by atoms with van der Waals surface area (Å²) in [6.45, 7) is 2.83. The molecule has 1 N–H and O–H groups in total. The van der Waals surface area contributed by atoms with E-state index < -0.39 is 15.9 Å². The van der Waals surface area contributed by atoms with Crippen molar-refractivity contribution >= 4 is 39.1 Å². The molecule has 1 aliphatic heterocycles. The van der Waals surface area contributed by atoms with Crippen LogP contribution < -0.4 is 5.32 Å². The van der Waals surface area contributed by atoms with Crippen LogP contribution in [-0.4, -0.2) is 41.3 Å². The second-order valence-corrected chi connectivity index (χ2v) is 11.2. The van der Waals surface area contributed by atoms with Gasteiger partial charge in [0.2, 0.25) is 15.9 Å². The van der Waals surface area contributed by atoms with Gasteiger partial charge in [0, 0.05) is 32.0 Å². The Labute approximate surface area is 209 Å². The summed E-state index contributed by atoms with van der Waals surface area (Å²) in [6.07, 6.45) is 4.89. The van der Waals surface area contributed by atoms with Crippen LogP contribution in [0.2, 0.25) is 10.0 Å². The van der Waals surface area contributed by atoms with Gasteiger partial charge in [-0.2, -0.15) is 0 Å². The Morgan fingerprint density at radius 2 is 1.97 bits per heavy atom. The summed E-state index contributed by atoms with van der Waals surface area (Å²) in [5.74, 6) is 0.121. The Morgan fingerprint density at radius 3 is 2.71 bits per heavy atom. The Kier molecular flexibility index (Phi) is 7.62. The number of piperidine rings is 1. The molecule has 1 aromatic heterocycles. The van der Waals surface area contributed by atoms with E-state index in [4.69, 9.17) is 23.2 Å². The molecular formula is C24H26Cl2N4O3S. The topological polar surface area (TPSA) is 84.3 Å².